The Morgan fingerprint density at radius 3 is 2.47 bits per heavy atom. The largest absolute Gasteiger partial charge is 0.378 e. The number of hydrogen-bond donors (Lipinski definition) is 1. The molecule has 0 radical (unpaired) electrons. The summed E-state index contributed by atoms with van der Waals surface area (Å²) in [4.78, 5) is 2.08. The summed E-state index contributed by atoms with van der Waals surface area (Å²) >= 11 is 5.34. The van der Waals surface area contributed by atoms with Crippen LogP contribution < -0.4 is 4.90 Å². The summed E-state index contributed by atoms with van der Waals surface area (Å²) in [5, 5.41) is 7.25. The van der Waals surface area contributed by atoms with Gasteiger partial charge >= 0.3 is 0 Å². The van der Waals surface area contributed by atoms with E-state index in [0.717, 1.165) is 17.9 Å². The van der Waals surface area contributed by atoms with Crippen molar-refractivity contribution in [1.29, 1.82) is 0 Å². The Morgan fingerprint density at radius 2 is 1.95 bits per heavy atom. The molecule has 0 fully saturated rings. The Labute approximate surface area is 119 Å². The lowest BCUT2D eigenvalue weighted by atomic mass is 10.1. The molecule has 0 aliphatic rings. The zero-order valence-corrected chi connectivity index (χ0v) is 12.7. The molecule has 0 aliphatic heterocycles. The highest BCUT2D eigenvalue weighted by atomic mass is 32.1. The monoisotopic (exact) mass is 276 g/mol. The van der Waals surface area contributed by atoms with E-state index in [0.29, 0.717) is 10.7 Å². The van der Waals surface area contributed by atoms with Gasteiger partial charge in [-0.2, -0.15) is 5.10 Å². The number of H-pyrrole nitrogens is 1. The van der Waals surface area contributed by atoms with Crippen LogP contribution in [0, 0.1) is 4.77 Å². The van der Waals surface area contributed by atoms with Gasteiger partial charge in [0, 0.05) is 31.4 Å². The lowest BCUT2D eigenvalue weighted by Gasteiger charge is -2.14. The van der Waals surface area contributed by atoms with Gasteiger partial charge in [0.15, 0.2) is 4.77 Å². The second kappa shape index (κ2) is 5.57. The number of benzene rings is 1. The van der Waals surface area contributed by atoms with Crippen LogP contribution in [-0.2, 0) is 0 Å². The van der Waals surface area contributed by atoms with Crippen LogP contribution in [0.4, 0.5) is 5.69 Å². The molecular weight excluding hydrogens is 256 g/mol. The average molecular weight is 276 g/mol. The molecule has 1 N–H and O–H groups in total. The zero-order valence-electron chi connectivity index (χ0n) is 11.8. The molecule has 0 saturated heterocycles. The van der Waals surface area contributed by atoms with Crippen LogP contribution >= 0.6 is 12.2 Å². The summed E-state index contributed by atoms with van der Waals surface area (Å²) in [7, 11) is 4.06. The molecule has 1 heterocycles. The van der Waals surface area contributed by atoms with E-state index in [1.807, 2.05) is 18.7 Å². The van der Waals surface area contributed by atoms with Crippen molar-refractivity contribution >= 4 is 17.9 Å². The zero-order chi connectivity index (χ0) is 14.0. The molecule has 4 nitrogen and oxygen atoms in total. The molecule has 102 valence electrons. The van der Waals surface area contributed by atoms with Gasteiger partial charge in [0.25, 0.3) is 0 Å². The summed E-state index contributed by atoms with van der Waals surface area (Å²) in [5.74, 6) is 1.37. The molecule has 19 heavy (non-hydrogen) atoms. The van der Waals surface area contributed by atoms with E-state index in [1.165, 1.54) is 5.69 Å². The number of rotatable bonds is 4. The fourth-order valence-electron chi connectivity index (χ4n) is 1.97. The normalized spacial score (nSPS) is 12.4. The fourth-order valence-corrected chi connectivity index (χ4v) is 2.22. The van der Waals surface area contributed by atoms with Gasteiger partial charge in [0.05, 0.1) is 0 Å². The molecule has 0 amide bonds. The second-order valence-corrected chi connectivity index (χ2v) is 5.33. The molecule has 0 spiro atoms. The summed E-state index contributed by atoms with van der Waals surface area (Å²) in [6.45, 7) is 4.32. The Bertz CT molecular complexity index is 595. The Balaban J connectivity index is 2.47. The number of aromatic amines is 1. The maximum atomic E-state index is 5.34. The van der Waals surface area contributed by atoms with E-state index in [4.69, 9.17) is 12.2 Å². The standard InChI is InChI=1S/C14H20N4S/c1-5-10(2)13-15-16-14(19)18(13)12-8-6-11(7-9-12)17(3)4/h6-10H,5H2,1-4H3,(H,16,19). The summed E-state index contributed by atoms with van der Waals surface area (Å²) in [6.07, 6.45) is 1.04. The van der Waals surface area contributed by atoms with Crippen molar-refractivity contribution in [1.82, 2.24) is 14.8 Å². The third kappa shape index (κ3) is 2.71. The quantitative estimate of drug-likeness (QED) is 0.868. The number of anilines is 1. The van der Waals surface area contributed by atoms with Gasteiger partial charge in [-0.05, 0) is 42.9 Å². The van der Waals surface area contributed by atoms with Crippen LogP contribution in [0.3, 0.4) is 0 Å². The van der Waals surface area contributed by atoms with Gasteiger partial charge < -0.3 is 4.90 Å². The number of aromatic nitrogens is 3. The van der Waals surface area contributed by atoms with Crippen LogP contribution in [-0.4, -0.2) is 28.9 Å². The lowest BCUT2D eigenvalue weighted by Crippen LogP contribution is -2.09. The minimum Gasteiger partial charge on any atom is -0.378 e. The lowest BCUT2D eigenvalue weighted by molar-refractivity contribution is 0.660. The van der Waals surface area contributed by atoms with Gasteiger partial charge in [-0.1, -0.05) is 13.8 Å². The summed E-state index contributed by atoms with van der Waals surface area (Å²) < 4.78 is 2.66. The van der Waals surface area contributed by atoms with Crippen LogP contribution in [0.1, 0.15) is 32.0 Å². The minimum absolute atomic E-state index is 0.376. The molecule has 2 rings (SSSR count). The predicted octanol–water partition coefficient (Wildman–Crippen LogP) is 3.51. The highest BCUT2D eigenvalue weighted by Crippen LogP contribution is 2.22. The fraction of sp³-hybridized carbons (Fsp3) is 0.429. The van der Waals surface area contributed by atoms with Gasteiger partial charge in [-0.3, -0.25) is 9.67 Å². The molecule has 1 aromatic carbocycles. The molecular formula is C14H20N4S. The van der Waals surface area contributed by atoms with Crippen LogP contribution in [0.25, 0.3) is 5.69 Å². The molecule has 5 heteroatoms. The first kappa shape index (κ1) is 13.8. The molecule has 2 aromatic rings. The van der Waals surface area contributed by atoms with Crippen LogP contribution in [0.2, 0.25) is 0 Å². The number of nitrogens with zero attached hydrogens (tertiary/aromatic N) is 3. The van der Waals surface area contributed by atoms with E-state index in [1.54, 1.807) is 0 Å². The van der Waals surface area contributed by atoms with Crippen molar-refractivity contribution in [3.8, 4) is 5.69 Å². The Morgan fingerprint density at radius 1 is 1.32 bits per heavy atom. The summed E-state index contributed by atoms with van der Waals surface area (Å²) in [5.41, 5.74) is 2.23. The third-order valence-corrected chi connectivity index (χ3v) is 3.65. The van der Waals surface area contributed by atoms with E-state index >= 15 is 0 Å². The Hall–Kier alpha value is -1.62. The van der Waals surface area contributed by atoms with Crippen molar-refractivity contribution < 1.29 is 0 Å². The molecule has 1 atom stereocenters. The first-order valence-electron chi connectivity index (χ1n) is 6.49. The van der Waals surface area contributed by atoms with Gasteiger partial charge in [0.1, 0.15) is 5.82 Å². The highest BCUT2D eigenvalue weighted by molar-refractivity contribution is 7.71. The van der Waals surface area contributed by atoms with E-state index in [9.17, 15) is 0 Å². The van der Waals surface area contributed by atoms with Gasteiger partial charge in [0.2, 0.25) is 0 Å². The average Bonchev–Trinajstić information content (AvgIpc) is 2.80. The third-order valence-electron chi connectivity index (χ3n) is 3.38. The van der Waals surface area contributed by atoms with E-state index in [2.05, 4.69) is 53.2 Å². The van der Waals surface area contributed by atoms with Crippen molar-refractivity contribution in [3.63, 3.8) is 0 Å². The maximum Gasteiger partial charge on any atom is 0.199 e. The van der Waals surface area contributed by atoms with Gasteiger partial charge in [-0.25, -0.2) is 0 Å². The van der Waals surface area contributed by atoms with Crippen molar-refractivity contribution in [2.24, 2.45) is 0 Å². The van der Waals surface area contributed by atoms with Crippen molar-refractivity contribution in [2.75, 3.05) is 19.0 Å². The molecule has 0 saturated carbocycles. The minimum atomic E-state index is 0.376. The van der Waals surface area contributed by atoms with Crippen LogP contribution in [0.15, 0.2) is 24.3 Å². The van der Waals surface area contributed by atoms with Crippen molar-refractivity contribution in [2.45, 2.75) is 26.2 Å². The molecule has 1 aromatic heterocycles. The first-order chi connectivity index (χ1) is 9.04. The number of nitrogens with one attached hydrogen (secondary N) is 1. The first-order valence-corrected chi connectivity index (χ1v) is 6.90. The molecule has 0 bridgehead atoms. The highest BCUT2D eigenvalue weighted by Gasteiger charge is 2.13. The predicted molar refractivity (Wildman–Crippen MR) is 81.8 cm³/mol. The SMILES string of the molecule is CCC(C)c1n[nH]c(=S)n1-c1ccc(N(C)C)cc1. The van der Waals surface area contributed by atoms with Gasteiger partial charge in [-0.15, -0.1) is 0 Å². The Kier molecular flexibility index (Phi) is 4.04. The van der Waals surface area contributed by atoms with Crippen molar-refractivity contribution in [3.05, 3.63) is 34.9 Å². The molecule has 1 unspecified atom stereocenters. The van der Waals surface area contributed by atoms with E-state index in [-0.39, 0.29) is 0 Å². The summed E-state index contributed by atoms with van der Waals surface area (Å²) in [6, 6.07) is 8.33. The maximum absolute atomic E-state index is 5.34. The van der Waals surface area contributed by atoms with E-state index < -0.39 is 0 Å². The number of hydrogen-bond acceptors (Lipinski definition) is 3. The second-order valence-electron chi connectivity index (χ2n) is 4.94. The smallest absolute Gasteiger partial charge is 0.199 e. The topological polar surface area (TPSA) is 36.9 Å². The molecule has 0 aliphatic carbocycles. The van der Waals surface area contributed by atoms with Crippen LogP contribution in [0.5, 0.6) is 0 Å².